The summed E-state index contributed by atoms with van der Waals surface area (Å²) in [5, 5.41) is 0. The average Bonchev–Trinajstić information content (AvgIpc) is 3.13. The zero-order valence-electron chi connectivity index (χ0n) is 29.6. The highest BCUT2D eigenvalue weighted by molar-refractivity contribution is 5.74. The second-order valence-electron chi connectivity index (χ2n) is 13.6. The monoisotopic (exact) mass is 916 g/mol. The summed E-state index contributed by atoms with van der Waals surface area (Å²) >= 11 is 0. The van der Waals surface area contributed by atoms with Crippen molar-refractivity contribution < 1.29 is 101 Å². The maximum absolute atomic E-state index is 14.6. The molecule has 61 heavy (non-hydrogen) atoms. The third-order valence-corrected chi connectivity index (χ3v) is 9.17. The number of benzene rings is 4. The van der Waals surface area contributed by atoms with Gasteiger partial charge in [0.05, 0.1) is 0 Å². The maximum atomic E-state index is 14.6. The smallest absolute Gasteiger partial charge is 0.203 e. The lowest BCUT2D eigenvalue weighted by atomic mass is 9.90. The van der Waals surface area contributed by atoms with Crippen LogP contribution in [0.25, 0.3) is 33.4 Å². The van der Waals surface area contributed by atoms with E-state index in [2.05, 4.69) is 0 Å². The van der Waals surface area contributed by atoms with Crippen molar-refractivity contribution in [3.8, 4) is 33.4 Å². The van der Waals surface area contributed by atoms with E-state index < -0.39 is 108 Å². The molecule has 4 aromatic rings. The molecule has 0 spiro atoms. The molecule has 4 rings (SSSR count). The lowest BCUT2D eigenvalue weighted by Crippen LogP contribution is -2.58. The zero-order valence-corrected chi connectivity index (χ0v) is 29.6. The van der Waals surface area contributed by atoms with Crippen LogP contribution < -0.4 is 0 Å². The van der Waals surface area contributed by atoms with E-state index in [0.29, 0.717) is 23.3 Å². The first-order valence-corrected chi connectivity index (χ1v) is 16.6. The van der Waals surface area contributed by atoms with E-state index in [1.54, 1.807) is 0 Å². The molecule has 0 aliphatic heterocycles. The van der Waals surface area contributed by atoms with Gasteiger partial charge in [-0.15, -0.1) is 0 Å². The van der Waals surface area contributed by atoms with Crippen molar-refractivity contribution in [2.75, 3.05) is 0 Å². The predicted octanol–water partition coefficient (Wildman–Crippen LogP) is 14.5. The fourth-order valence-corrected chi connectivity index (χ4v) is 5.73. The van der Waals surface area contributed by atoms with Crippen LogP contribution in [0.1, 0.15) is 16.7 Å². The third kappa shape index (κ3) is 9.24. The Bertz CT molecular complexity index is 2050. The van der Waals surface area contributed by atoms with Crippen LogP contribution in [0.4, 0.5) is 101 Å². The van der Waals surface area contributed by atoms with Gasteiger partial charge in [-0.05, 0) is 50.1 Å². The fourth-order valence-electron chi connectivity index (χ4n) is 5.73. The predicted molar refractivity (Wildman–Crippen MR) is 172 cm³/mol. The van der Waals surface area contributed by atoms with E-state index >= 15 is 0 Å². The molecule has 0 saturated heterocycles. The molecule has 0 aliphatic rings. The van der Waals surface area contributed by atoms with Gasteiger partial charge < -0.3 is 0 Å². The molecule has 0 bridgehead atoms. The van der Waals surface area contributed by atoms with Gasteiger partial charge in [-0.2, -0.15) is 83.4 Å². The Morgan fingerprint density at radius 3 is 0.820 bits per heavy atom. The van der Waals surface area contributed by atoms with Crippen LogP contribution in [-0.4, -0.2) is 66.4 Å². The van der Waals surface area contributed by atoms with Crippen LogP contribution >= 0.6 is 0 Å². The Balaban J connectivity index is 1.66. The van der Waals surface area contributed by atoms with Gasteiger partial charge in [-0.25, -0.2) is 17.6 Å². The standard InChI is InChI=1S/C38H23F23/c39-28(40)33(49,50)35(53,54)30(43,44)17-20-13-21(18-31(45,46)36(55,56)34(51,52)29(41)42)15-27(14-20)26-11-9-25(10-12-26)24-7-5-23(6-8-24)22-3-1-19(2-4-22)16-32(47,48)37(57,58)38(59,60)61/h1-15,28-29H,16-18H2. The maximum Gasteiger partial charge on any atom is 0.459 e. The highest BCUT2D eigenvalue weighted by Crippen LogP contribution is 2.52. The summed E-state index contributed by atoms with van der Waals surface area (Å²) in [5.74, 6) is -51.1. The number of hydrogen-bond acceptors (Lipinski definition) is 0. The Kier molecular flexibility index (Phi) is 13.0. The van der Waals surface area contributed by atoms with Crippen LogP contribution in [-0.2, 0) is 19.3 Å². The van der Waals surface area contributed by atoms with Crippen LogP contribution in [0.15, 0.2) is 91.0 Å². The number of halogens is 23. The van der Waals surface area contributed by atoms with Gasteiger partial charge >= 0.3 is 66.4 Å². The Labute approximate surface area is 328 Å². The van der Waals surface area contributed by atoms with Gasteiger partial charge in [0, 0.05) is 19.3 Å². The minimum absolute atomic E-state index is 0.0380. The lowest BCUT2D eigenvalue weighted by Gasteiger charge is -2.33. The van der Waals surface area contributed by atoms with E-state index in [-0.39, 0.29) is 22.8 Å². The molecule has 336 valence electrons. The second-order valence-corrected chi connectivity index (χ2v) is 13.6. The molecule has 4 aromatic carbocycles. The summed E-state index contributed by atoms with van der Waals surface area (Å²) in [5.41, 5.74) is -3.08. The van der Waals surface area contributed by atoms with E-state index in [4.69, 9.17) is 0 Å². The van der Waals surface area contributed by atoms with Gasteiger partial charge in [-0.3, -0.25) is 0 Å². The molecule has 0 atom stereocenters. The molecule has 0 unspecified atom stereocenters. The van der Waals surface area contributed by atoms with Crippen LogP contribution in [0, 0.1) is 0 Å². The van der Waals surface area contributed by atoms with Gasteiger partial charge in [-0.1, -0.05) is 91.0 Å². The van der Waals surface area contributed by atoms with Crippen molar-refractivity contribution in [2.45, 2.75) is 85.7 Å². The van der Waals surface area contributed by atoms with Crippen molar-refractivity contribution in [3.05, 3.63) is 108 Å². The summed E-state index contributed by atoms with van der Waals surface area (Å²) < 4.78 is 311. The van der Waals surface area contributed by atoms with Gasteiger partial charge in [0.25, 0.3) is 0 Å². The molecular formula is C38H23F23. The second kappa shape index (κ2) is 16.2. The molecule has 0 heterocycles. The first kappa shape index (κ1) is 48.9. The van der Waals surface area contributed by atoms with Crippen LogP contribution in [0.5, 0.6) is 0 Å². The average molecular weight is 917 g/mol. The number of rotatable bonds is 16. The molecule has 0 saturated carbocycles. The Hall–Kier alpha value is -4.73. The number of alkyl halides is 23. The van der Waals surface area contributed by atoms with Crippen LogP contribution in [0.2, 0.25) is 0 Å². The fraction of sp³-hybridized carbons (Fsp3) is 0.368. The Morgan fingerprint density at radius 1 is 0.295 bits per heavy atom. The molecule has 0 aromatic heterocycles. The molecule has 0 nitrogen and oxygen atoms in total. The zero-order chi connectivity index (χ0) is 46.6. The minimum atomic E-state index is -6.83. The third-order valence-electron chi connectivity index (χ3n) is 9.17. The topological polar surface area (TPSA) is 0 Å². The molecular weight excluding hydrogens is 893 g/mol. The van der Waals surface area contributed by atoms with Gasteiger partial charge in [0.1, 0.15) is 0 Å². The summed E-state index contributed by atoms with van der Waals surface area (Å²) in [6.07, 6.45) is -24.5. The van der Waals surface area contributed by atoms with Gasteiger partial charge in [0.2, 0.25) is 0 Å². The summed E-state index contributed by atoms with van der Waals surface area (Å²) in [6, 6.07) is 15.0. The normalized spacial score (nSPS) is 14.3. The lowest BCUT2D eigenvalue weighted by molar-refractivity contribution is -0.354. The first-order chi connectivity index (χ1) is 27.5. The molecule has 0 N–H and O–H groups in total. The molecule has 0 radical (unpaired) electrons. The van der Waals surface area contributed by atoms with Gasteiger partial charge in [0.15, 0.2) is 0 Å². The van der Waals surface area contributed by atoms with E-state index in [1.807, 2.05) is 0 Å². The SMILES string of the molecule is FC(F)C(F)(F)C(F)(F)C(F)(F)Cc1cc(CC(F)(F)C(F)(F)C(F)(F)C(F)F)cc(-c2ccc(-c3ccc(-c4ccc(CC(F)(F)C(F)(F)C(F)(F)F)cc4)cc3)cc2)c1. The Morgan fingerprint density at radius 2 is 0.541 bits per heavy atom. The number of hydrogen-bond donors (Lipinski definition) is 0. The molecule has 0 amide bonds. The van der Waals surface area contributed by atoms with Crippen molar-refractivity contribution >= 4 is 0 Å². The van der Waals surface area contributed by atoms with E-state index in [0.717, 1.165) is 36.4 Å². The summed E-state index contributed by atoms with van der Waals surface area (Å²) in [7, 11) is 0. The van der Waals surface area contributed by atoms with E-state index in [9.17, 15) is 101 Å². The quantitative estimate of drug-likeness (QED) is 0.0983. The molecule has 0 aliphatic carbocycles. The largest absolute Gasteiger partial charge is 0.459 e. The van der Waals surface area contributed by atoms with Crippen molar-refractivity contribution in [1.82, 2.24) is 0 Å². The highest BCUT2D eigenvalue weighted by Gasteiger charge is 2.76. The van der Waals surface area contributed by atoms with Crippen molar-refractivity contribution in [1.29, 1.82) is 0 Å². The first-order valence-electron chi connectivity index (χ1n) is 16.6. The van der Waals surface area contributed by atoms with E-state index in [1.165, 1.54) is 36.4 Å². The molecule has 23 heteroatoms. The summed E-state index contributed by atoms with van der Waals surface area (Å²) in [4.78, 5) is 0. The van der Waals surface area contributed by atoms with Crippen molar-refractivity contribution in [2.24, 2.45) is 0 Å². The summed E-state index contributed by atoms with van der Waals surface area (Å²) in [6.45, 7) is 0. The van der Waals surface area contributed by atoms with Crippen molar-refractivity contribution in [3.63, 3.8) is 0 Å². The minimum Gasteiger partial charge on any atom is -0.203 e. The molecule has 0 fully saturated rings. The highest BCUT2D eigenvalue weighted by atomic mass is 19.4. The van der Waals surface area contributed by atoms with Crippen LogP contribution in [0.3, 0.4) is 0 Å².